The van der Waals surface area contributed by atoms with Crippen molar-refractivity contribution in [3.63, 3.8) is 0 Å². The topological polar surface area (TPSA) is 144 Å². The second-order valence-electron chi connectivity index (χ2n) is 6.53. The maximum atomic E-state index is 12.0. The number of amides is 3. The highest BCUT2D eigenvalue weighted by Crippen LogP contribution is 2.23. The van der Waals surface area contributed by atoms with E-state index in [2.05, 4.69) is 25.7 Å². The molecule has 0 radical (unpaired) electrons. The van der Waals surface area contributed by atoms with Crippen LogP contribution in [0, 0.1) is 0 Å². The number of aromatic nitrogens is 4. The van der Waals surface area contributed by atoms with Crippen LogP contribution in [0.2, 0.25) is 0 Å². The SMILES string of the molecule is O=C(CCSSCCC(=O)ON1C(=O)CCC1=O)NCc1ccc(-c2nncnn2)cc1. The van der Waals surface area contributed by atoms with Crippen molar-refractivity contribution in [1.29, 1.82) is 0 Å². The van der Waals surface area contributed by atoms with Gasteiger partial charge in [-0.05, 0) is 5.56 Å². The summed E-state index contributed by atoms with van der Waals surface area (Å²) in [5.74, 6) is -0.226. The summed E-state index contributed by atoms with van der Waals surface area (Å²) < 4.78 is 0. The summed E-state index contributed by atoms with van der Waals surface area (Å²) in [6.45, 7) is 0.406. The van der Waals surface area contributed by atoms with E-state index in [1.807, 2.05) is 24.3 Å². The quantitative estimate of drug-likeness (QED) is 0.285. The highest BCUT2D eigenvalue weighted by atomic mass is 33.1. The Balaban J connectivity index is 1.24. The Morgan fingerprint density at radius 1 is 0.969 bits per heavy atom. The molecule has 0 atom stereocenters. The van der Waals surface area contributed by atoms with E-state index in [0.717, 1.165) is 11.1 Å². The summed E-state index contributed by atoms with van der Waals surface area (Å²) in [7, 11) is 2.89. The fourth-order valence-electron chi connectivity index (χ4n) is 2.56. The lowest BCUT2D eigenvalue weighted by molar-refractivity contribution is -0.197. The summed E-state index contributed by atoms with van der Waals surface area (Å²) in [4.78, 5) is 51.2. The van der Waals surface area contributed by atoms with Gasteiger partial charge in [0.2, 0.25) is 11.7 Å². The van der Waals surface area contributed by atoms with Gasteiger partial charge in [0.15, 0.2) is 6.33 Å². The zero-order valence-electron chi connectivity index (χ0n) is 16.9. The summed E-state index contributed by atoms with van der Waals surface area (Å²) in [6, 6.07) is 7.43. The lowest BCUT2D eigenvalue weighted by Crippen LogP contribution is -2.32. The molecule has 3 amide bonds. The number of hydrogen-bond acceptors (Lipinski definition) is 11. The second-order valence-corrected chi connectivity index (χ2v) is 9.23. The Kier molecular flexibility index (Phi) is 8.92. The van der Waals surface area contributed by atoms with Crippen LogP contribution < -0.4 is 5.32 Å². The number of benzene rings is 1. The minimum Gasteiger partial charge on any atom is -0.352 e. The van der Waals surface area contributed by atoms with E-state index in [0.29, 0.717) is 35.4 Å². The van der Waals surface area contributed by atoms with Crippen LogP contribution in [0.3, 0.4) is 0 Å². The predicted octanol–water partition coefficient (Wildman–Crippen LogP) is 1.32. The van der Waals surface area contributed by atoms with Gasteiger partial charge in [0, 0.05) is 42.9 Å². The molecule has 1 aliphatic rings. The molecule has 0 unspecified atom stereocenters. The van der Waals surface area contributed by atoms with Crippen LogP contribution >= 0.6 is 21.6 Å². The van der Waals surface area contributed by atoms with Crippen molar-refractivity contribution in [2.45, 2.75) is 32.2 Å². The van der Waals surface area contributed by atoms with Crippen molar-refractivity contribution in [2.24, 2.45) is 0 Å². The third-order valence-electron chi connectivity index (χ3n) is 4.19. The molecular formula is C19H20N6O5S2. The molecule has 1 aromatic carbocycles. The molecule has 0 saturated carbocycles. The van der Waals surface area contributed by atoms with Gasteiger partial charge in [0.1, 0.15) is 0 Å². The lowest BCUT2D eigenvalue weighted by atomic mass is 10.1. The number of nitrogens with one attached hydrogen (secondary N) is 1. The van der Waals surface area contributed by atoms with Crippen molar-refractivity contribution in [3.05, 3.63) is 36.2 Å². The second kappa shape index (κ2) is 12.1. The molecular weight excluding hydrogens is 456 g/mol. The van der Waals surface area contributed by atoms with Gasteiger partial charge in [-0.25, -0.2) is 4.79 Å². The smallest absolute Gasteiger partial charge is 0.334 e. The summed E-state index contributed by atoms with van der Waals surface area (Å²) in [5, 5.41) is 18.6. The van der Waals surface area contributed by atoms with Crippen LogP contribution in [-0.4, -0.2) is 60.7 Å². The highest BCUT2D eigenvalue weighted by molar-refractivity contribution is 8.76. The Morgan fingerprint density at radius 3 is 2.25 bits per heavy atom. The largest absolute Gasteiger partial charge is 0.352 e. The normalized spacial score (nSPS) is 13.3. The number of hydrogen-bond donors (Lipinski definition) is 1. The number of nitrogens with zero attached hydrogens (tertiary/aromatic N) is 5. The summed E-state index contributed by atoms with van der Waals surface area (Å²) in [6.07, 6.45) is 1.81. The molecule has 32 heavy (non-hydrogen) atoms. The molecule has 1 aromatic heterocycles. The van der Waals surface area contributed by atoms with E-state index >= 15 is 0 Å². The van der Waals surface area contributed by atoms with Gasteiger partial charge in [0.25, 0.3) is 11.8 Å². The van der Waals surface area contributed by atoms with Crippen LogP contribution in [0.4, 0.5) is 0 Å². The highest BCUT2D eigenvalue weighted by Gasteiger charge is 2.32. The zero-order chi connectivity index (χ0) is 22.8. The standard InChI is InChI=1S/C19H20N6O5S2/c26-15(20-11-13-1-3-14(4-2-13)19-23-21-12-22-24-19)7-9-31-32-10-8-18(29)30-25-16(27)5-6-17(25)28/h1-4,12H,5-11H2,(H,20,26). The van der Waals surface area contributed by atoms with Gasteiger partial charge < -0.3 is 10.2 Å². The maximum absolute atomic E-state index is 12.0. The molecule has 1 N–H and O–H groups in total. The van der Waals surface area contributed by atoms with Gasteiger partial charge in [-0.15, -0.1) is 25.5 Å². The summed E-state index contributed by atoms with van der Waals surface area (Å²) >= 11 is 0. The minimum absolute atomic E-state index is 0.0665. The van der Waals surface area contributed by atoms with E-state index in [1.165, 1.54) is 27.9 Å². The fourth-order valence-corrected chi connectivity index (χ4v) is 4.52. The molecule has 1 saturated heterocycles. The van der Waals surface area contributed by atoms with Crippen LogP contribution in [0.15, 0.2) is 30.6 Å². The van der Waals surface area contributed by atoms with E-state index in [1.54, 1.807) is 0 Å². The first-order valence-corrected chi connectivity index (χ1v) is 12.2. The molecule has 1 fully saturated rings. The Morgan fingerprint density at radius 2 is 1.59 bits per heavy atom. The lowest BCUT2D eigenvalue weighted by Gasteiger charge is -2.12. The molecule has 0 bridgehead atoms. The number of hydroxylamine groups is 2. The monoisotopic (exact) mass is 476 g/mol. The van der Waals surface area contributed by atoms with Gasteiger partial charge in [-0.3, -0.25) is 14.4 Å². The predicted molar refractivity (Wildman–Crippen MR) is 116 cm³/mol. The van der Waals surface area contributed by atoms with Crippen LogP contribution in [0.25, 0.3) is 11.4 Å². The molecule has 13 heteroatoms. The van der Waals surface area contributed by atoms with Crippen LogP contribution in [0.1, 0.15) is 31.2 Å². The van der Waals surface area contributed by atoms with Gasteiger partial charge in [-0.2, -0.15) is 0 Å². The van der Waals surface area contributed by atoms with Crippen molar-refractivity contribution < 1.29 is 24.0 Å². The van der Waals surface area contributed by atoms with Crippen molar-refractivity contribution in [3.8, 4) is 11.4 Å². The Hall–Kier alpha value is -3.06. The van der Waals surface area contributed by atoms with Crippen LogP contribution in [0.5, 0.6) is 0 Å². The van der Waals surface area contributed by atoms with Gasteiger partial charge >= 0.3 is 5.97 Å². The molecule has 2 aromatic rings. The Bertz CT molecular complexity index is 944. The Labute approximate surface area is 191 Å². The number of imide groups is 1. The molecule has 168 valence electrons. The maximum Gasteiger partial charge on any atom is 0.334 e. The van der Waals surface area contributed by atoms with Gasteiger partial charge in [-0.1, -0.05) is 45.9 Å². The van der Waals surface area contributed by atoms with Gasteiger partial charge in [0.05, 0.1) is 6.42 Å². The number of carbonyl (C=O) groups is 4. The van der Waals surface area contributed by atoms with E-state index < -0.39 is 17.8 Å². The van der Waals surface area contributed by atoms with Crippen molar-refractivity contribution in [1.82, 2.24) is 30.8 Å². The molecule has 0 aliphatic carbocycles. The number of carbonyl (C=O) groups excluding carboxylic acids is 4. The first-order valence-electron chi connectivity index (χ1n) is 9.70. The van der Waals surface area contributed by atoms with E-state index in [4.69, 9.17) is 4.84 Å². The van der Waals surface area contributed by atoms with E-state index in [9.17, 15) is 19.2 Å². The third kappa shape index (κ3) is 7.27. The number of rotatable bonds is 11. The summed E-state index contributed by atoms with van der Waals surface area (Å²) in [5.41, 5.74) is 1.73. The molecule has 1 aliphatic heterocycles. The molecule has 2 heterocycles. The first kappa shape index (κ1) is 23.6. The zero-order valence-corrected chi connectivity index (χ0v) is 18.6. The van der Waals surface area contributed by atoms with Crippen LogP contribution in [-0.2, 0) is 30.6 Å². The third-order valence-corrected chi connectivity index (χ3v) is 6.60. The van der Waals surface area contributed by atoms with E-state index in [-0.39, 0.29) is 25.2 Å². The van der Waals surface area contributed by atoms with Crippen molar-refractivity contribution >= 4 is 45.3 Å². The van der Waals surface area contributed by atoms with Crippen molar-refractivity contribution in [2.75, 3.05) is 11.5 Å². The average Bonchev–Trinajstić information content (AvgIpc) is 3.13. The molecule has 0 spiro atoms. The molecule has 3 rings (SSSR count). The average molecular weight is 477 g/mol. The fraction of sp³-hybridized carbons (Fsp3) is 0.368. The first-order chi connectivity index (χ1) is 15.5. The minimum atomic E-state index is -0.628. The molecule has 11 nitrogen and oxygen atoms in total.